The maximum atomic E-state index is 4.46. The predicted octanol–water partition coefficient (Wildman–Crippen LogP) is -2.30. The first-order valence-corrected chi connectivity index (χ1v) is 1.40. The molecule has 0 saturated heterocycles. The minimum absolute atomic E-state index is 0. The van der Waals surface area contributed by atoms with Crippen LogP contribution in [-0.4, -0.2) is 23.1 Å². The molecule has 34 valence electrons. The van der Waals surface area contributed by atoms with E-state index in [1.807, 2.05) is 0 Å². The summed E-state index contributed by atoms with van der Waals surface area (Å²) in [4.78, 5) is 0. The monoisotopic (exact) mass is 170 g/mol. The molecule has 1 nitrogen and oxygen atoms in total. The van der Waals surface area contributed by atoms with E-state index in [0.29, 0.717) is 0 Å². The second-order valence-electron chi connectivity index (χ2n) is 0.731. The average molecular weight is 171 g/mol. The third-order valence-corrected chi connectivity index (χ3v) is 0.379. The molecule has 0 spiro atoms. The van der Waals surface area contributed by atoms with Gasteiger partial charge in [-0.2, -0.15) is 6.07 Å². The van der Waals surface area contributed by atoms with Gasteiger partial charge in [0.2, 0.25) is 0 Å². The van der Waals surface area contributed by atoms with Crippen molar-refractivity contribution in [2.45, 2.75) is 0 Å². The number of hydrogen-bond donors (Lipinski definition) is 0. The Labute approximate surface area is 69.0 Å². The second kappa shape index (κ2) is 6.53. The summed E-state index contributed by atoms with van der Waals surface area (Å²) in [5, 5.41) is 0. The smallest absolute Gasteiger partial charge is 1.00 e. The number of halogens is 1. The van der Waals surface area contributed by atoms with Crippen molar-refractivity contribution in [3.05, 3.63) is 24.7 Å². The molecule has 0 fully saturated rings. The zero-order valence-corrected chi connectivity index (χ0v) is 6.73. The van der Waals surface area contributed by atoms with Gasteiger partial charge in [0.1, 0.15) is 0 Å². The molecule has 0 N–H and O–H groups in total. The summed E-state index contributed by atoms with van der Waals surface area (Å²) < 4.78 is 4.46. The van der Waals surface area contributed by atoms with E-state index < -0.39 is 0 Å². The zero-order chi connectivity index (χ0) is 3.54. The standard InChI is InChI=1S/C4H3O.BrH.Mg/c1-2-4-5-3-1;;/h1-3H;1H;/q-1;;+2/p-1. The van der Waals surface area contributed by atoms with Gasteiger partial charge in [0.25, 0.3) is 0 Å². The van der Waals surface area contributed by atoms with Crippen molar-refractivity contribution in [2.75, 3.05) is 0 Å². The van der Waals surface area contributed by atoms with Gasteiger partial charge in [-0.25, -0.2) is 0 Å². The SMILES string of the molecule is [Br-].[Mg+2].[c-]1ccco1. The molecule has 0 radical (unpaired) electrons. The first-order valence-electron chi connectivity index (χ1n) is 1.40. The van der Waals surface area contributed by atoms with Crippen LogP contribution < -0.4 is 17.0 Å². The summed E-state index contributed by atoms with van der Waals surface area (Å²) >= 11 is 0. The summed E-state index contributed by atoms with van der Waals surface area (Å²) in [7, 11) is 0. The van der Waals surface area contributed by atoms with Crippen molar-refractivity contribution < 1.29 is 21.4 Å². The van der Waals surface area contributed by atoms with Gasteiger partial charge in [0.15, 0.2) is 0 Å². The zero-order valence-electron chi connectivity index (χ0n) is 3.73. The fourth-order valence-electron chi connectivity index (χ4n) is 0.196. The van der Waals surface area contributed by atoms with Crippen molar-refractivity contribution in [3.63, 3.8) is 0 Å². The van der Waals surface area contributed by atoms with Crippen molar-refractivity contribution in [3.8, 4) is 0 Å². The Morgan fingerprint density at radius 2 is 2.14 bits per heavy atom. The van der Waals surface area contributed by atoms with Gasteiger partial charge in [-0.05, 0) is 6.26 Å². The summed E-state index contributed by atoms with van der Waals surface area (Å²) in [5.41, 5.74) is 0. The fourth-order valence-corrected chi connectivity index (χ4v) is 0.196. The molecule has 1 aromatic heterocycles. The first kappa shape index (κ1) is 10.5. The van der Waals surface area contributed by atoms with Crippen LogP contribution in [0, 0.1) is 6.26 Å². The maximum absolute atomic E-state index is 4.46. The molecule has 0 unspecified atom stereocenters. The van der Waals surface area contributed by atoms with Gasteiger partial charge in [0.05, 0.1) is 0 Å². The van der Waals surface area contributed by atoms with Crippen LogP contribution in [0.4, 0.5) is 0 Å². The van der Waals surface area contributed by atoms with E-state index >= 15 is 0 Å². The molecule has 0 amide bonds. The Morgan fingerprint density at radius 1 is 1.43 bits per heavy atom. The van der Waals surface area contributed by atoms with Crippen molar-refractivity contribution >= 4 is 23.1 Å². The summed E-state index contributed by atoms with van der Waals surface area (Å²) in [6.07, 6.45) is 4.06. The molecule has 0 aromatic carbocycles. The van der Waals surface area contributed by atoms with Gasteiger partial charge in [0, 0.05) is 0 Å². The van der Waals surface area contributed by atoms with E-state index in [4.69, 9.17) is 0 Å². The molecular formula is C4H3BrMgO. The average Bonchev–Trinajstić information content (AvgIpc) is 1.76. The number of furan rings is 1. The van der Waals surface area contributed by atoms with Crippen LogP contribution in [0.25, 0.3) is 0 Å². The molecule has 0 saturated carbocycles. The van der Waals surface area contributed by atoms with E-state index in [0.717, 1.165) is 0 Å². The largest absolute Gasteiger partial charge is 2.00 e. The topological polar surface area (TPSA) is 13.1 Å². The Kier molecular flexibility index (Phi) is 9.79. The summed E-state index contributed by atoms with van der Waals surface area (Å²) in [6.45, 7) is 0. The van der Waals surface area contributed by atoms with Crippen LogP contribution in [0.5, 0.6) is 0 Å². The minimum Gasteiger partial charge on any atom is -1.00 e. The van der Waals surface area contributed by atoms with Crippen molar-refractivity contribution in [1.29, 1.82) is 0 Å². The Hall–Kier alpha value is 0.526. The molecule has 0 aliphatic rings. The molecule has 0 aliphatic carbocycles. The molecule has 3 heteroatoms. The Balaban J connectivity index is 0. The molecule has 1 rings (SSSR count). The molecular weight excluding hydrogens is 168 g/mol. The minimum atomic E-state index is 0. The van der Waals surface area contributed by atoms with E-state index in [1.54, 1.807) is 18.4 Å². The van der Waals surface area contributed by atoms with E-state index in [1.165, 1.54) is 0 Å². The third-order valence-electron chi connectivity index (χ3n) is 0.379. The van der Waals surface area contributed by atoms with Crippen LogP contribution in [0.3, 0.4) is 0 Å². The molecule has 7 heavy (non-hydrogen) atoms. The second-order valence-corrected chi connectivity index (χ2v) is 0.731. The van der Waals surface area contributed by atoms with E-state index in [-0.39, 0.29) is 40.0 Å². The third kappa shape index (κ3) is 4.38. The van der Waals surface area contributed by atoms with Crippen LogP contribution >= 0.6 is 0 Å². The fraction of sp³-hybridized carbons (Fsp3) is 0. The van der Waals surface area contributed by atoms with Gasteiger partial charge < -0.3 is 21.4 Å². The van der Waals surface area contributed by atoms with Gasteiger partial charge >= 0.3 is 23.1 Å². The van der Waals surface area contributed by atoms with E-state index in [2.05, 4.69) is 10.7 Å². The molecule has 0 bridgehead atoms. The van der Waals surface area contributed by atoms with Crippen molar-refractivity contribution in [2.24, 2.45) is 0 Å². The molecule has 1 heterocycles. The molecule has 0 atom stereocenters. The van der Waals surface area contributed by atoms with Gasteiger partial charge in [-0.3, -0.25) is 0 Å². The molecule has 1 aromatic rings. The quantitative estimate of drug-likeness (QED) is 0.316. The van der Waals surface area contributed by atoms with Gasteiger partial charge in [-0.15, -0.1) is 6.07 Å². The van der Waals surface area contributed by atoms with Crippen LogP contribution in [-0.2, 0) is 0 Å². The van der Waals surface area contributed by atoms with Crippen molar-refractivity contribution in [1.82, 2.24) is 0 Å². The first-order chi connectivity index (χ1) is 2.50. The summed E-state index contributed by atoms with van der Waals surface area (Å²) in [6, 6.07) is 3.49. The normalized spacial score (nSPS) is 5.71. The number of hydrogen-bond acceptors (Lipinski definition) is 1. The van der Waals surface area contributed by atoms with Crippen LogP contribution in [0.15, 0.2) is 22.8 Å². The Morgan fingerprint density at radius 3 is 2.29 bits per heavy atom. The molecule has 0 aliphatic heterocycles. The van der Waals surface area contributed by atoms with E-state index in [9.17, 15) is 0 Å². The Bertz CT molecular complexity index is 68.2. The number of rotatable bonds is 0. The summed E-state index contributed by atoms with van der Waals surface area (Å²) in [5.74, 6) is 0. The maximum Gasteiger partial charge on any atom is 2.00 e. The van der Waals surface area contributed by atoms with Gasteiger partial charge in [-0.1, -0.05) is 6.26 Å². The predicted molar refractivity (Wildman–Crippen MR) is 23.3 cm³/mol. The van der Waals surface area contributed by atoms with Crippen LogP contribution in [0.2, 0.25) is 0 Å². The van der Waals surface area contributed by atoms with Crippen LogP contribution in [0.1, 0.15) is 0 Å².